The van der Waals surface area contributed by atoms with Crippen LogP contribution in [0.5, 0.6) is 0 Å². The molecule has 0 atom stereocenters. The Bertz CT molecular complexity index is 567. The number of amides is 1. The van der Waals surface area contributed by atoms with Gasteiger partial charge in [0.25, 0.3) is 0 Å². The largest absolute Gasteiger partial charge is 0.393 e. The second-order valence-electron chi connectivity index (χ2n) is 5.31. The number of imidazole rings is 1. The zero-order valence-corrected chi connectivity index (χ0v) is 11.4. The van der Waals surface area contributed by atoms with Crippen LogP contribution < -0.4 is 0 Å². The number of fused-ring (bicyclic) bond motifs is 1. The number of hydrogen-bond acceptors (Lipinski definition) is 3. The van der Waals surface area contributed by atoms with E-state index in [0.29, 0.717) is 38.8 Å². The van der Waals surface area contributed by atoms with Crippen LogP contribution in [0.15, 0.2) is 24.3 Å². The van der Waals surface area contributed by atoms with Crippen LogP contribution in [-0.2, 0) is 11.2 Å². The fraction of sp³-hybridized carbons (Fsp3) is 0.467. The molecule has 1 saturated heterocycles. The average Bonchev–Trinajstić information content (AvgIpc) is 2.88. The number of aromatic nitrogens is 2. The molecular formula is C15H19N3O2. The lowest BCUT2D eigenvalue weighted by Gasteiger charge is -2.29. The van der Waals surface area contributed by atoms with E-state index in [-0.39, 0.29) is 12.0 Å². The minimum Gasteiger partial charge on any atom is -0.393 e. The Morgan fingerprint density at radius 2 is 2.10 bits per heavy atom. The predicted octanol–water partition coefficient (Wildman–Crippen LogP) is 1.48. The summed E-state index contributed by atoms with van der Waals surface area (Å²) in [6.07, 6.45) is 2.24. The molecule has 5 nitrogen and oxygen atoms in total. The Balaban J connectivity index is 1.57. The lowest BCUT2D eigenvalue weighted by Crippen LogP contribution is -2.40. The molecule has 106 valence electrons. The van der Waals surface area contributed by atoms with Crippen molar-refractivity contribution in [2.45, 2.75) is 31.8 Å². The summed E-state index contributed by atoms with van der Waals surface area (Å²) in [6, 6.07) is 7.87. The number of aryl methyl sites for hydroxylation is 1. The van der Waals surface area contributed by atoms with Gasteiger partial charge in [0.2, 0.25) is 5.91 Å². The molecule has 0 radical (unpaired) electrons. The van der Waals surface area contributed by atoms with Gasteiger partial charge in [-0.15, -0.1) is 0 Å². The van der Waals surface area contributed by atoms with Crippen LogP contribution in [0, 0.1) is 0 Å². The van der Waals surface area contributed by atoms with Crippen LogP contribution in [0.2, 0.25) is 0 Å². The van der Waals surface area contributed by atoms with Crippen molar-refractivity contribution in [1.82, 2.24) is 14.9 Å². The average molecular weight is 273 g/mol. The van der Waals surface area contributed by atoms with Crippen molar-refractivity contribution in [2.75, 3.05) is 13.1 Å². The van der Waals surface area contributed by atoms with Crippen LogP contribution in [0.3, 0.4) is 0 Å². The molecule has 1 amide bonds. The van der Waals surface area contributed by atoms with Gasteiger partial charge in [0.05, 0.1) is 17.1 Å². The van der Waals surface area contributed by atoms with Crippen LogP contribution in [0.1, 0.15) is 25.1 Å². The summed E-state index contributed by atoms with van der Waals surface area (Å²) in [6.45, 7) is 1.33. The highest BCUT2D eigenvalue weighted by atomic mass is 16.3. The zero-order chi connectivity index (χ0) is 13.9. The summed E-state index contributed by atoms with van der Waals surface area (Å²) in [5.41, 5.74) is 1.95. The van der Waals surface area contributed by atoms with Gasteiger partial charge in [-0.3, -0.25) is 4.79 Å². The highest BCUT2D eigenvalue weighted by Crippen LogP contribution is 2.14. The summed E-state index contributed by atoms with van der Waals surface area (Å²) in [4.78, 5) is 21.7. The Kier molecular flexibility index (Phi) is 3.69. The molecule has 1 aliphatic heterocycles. The Hall–Kier alpha value is -1.88. The van der Waals surface area contributed by atoms with Crippen LogP contribution >= 0.6 is 0 Å². The molecule has 1 fully saturated rings. The van der Waals surface area contributed by atoms with E-state index in [1.807, 2.05) is 29.2 Å². The maximum atomic E-state index is 12.1. The van der Waals surface area contributed by atoms with Gasteiger partial charge in [-0.05, 0) is 25.0 Å². The maximum absolute atomic E-state index is 12.1. The summed E-state index contributed by atoms with van der Waals surface area (Å²) in [5.74, 6) is 1.01. The molecule has 0 unspecified atom stereocenters. The predicted molar refractivity (Wildman–Crippen MR) is 76.2 cm³/mol. The molecule has 1 aromatic carbocycles. The number of likely N-dealkylation sites (tertiary alicyclic amines) is 1. The second-order valence-corrected chi connectivity index (χ2v) is 5.31. The number of para-hydroxylation sites is 2. The quantitative estimate of drug-likeness (QED) is 0.890. The first-order valence-electron chi connectivity index (χ1n) is 7.12. The van der Waals surface area contributed by atoms with E-state index < -0.39 is 0 Å². The van der Waals surface area contributed by atoms with Crippen LogP contribution in [0.25, 0.3) is 11.0 Å². The van der Waals surface area contributed by atoms with E-state index >= 15 is 0 Å². The fourth-order valence-corrected chi connectivity index (χ4v) is 2.62. The second kappa shape index (κ2) is 5.63. The van der Waals surface area contributed by atoms with Gasteiger partial charge in [0, 0.05) is 25.9 Å². The standard InChI is InChI=1S/C15H19N3O2/c19-11-7-9-18(10-8-11)15(20)6-5-14-16-12-3-1-2-4-13(12)17-14/h1-4,11,19H,5-10H2,(H,16,17). The van der Waals surface area contributed by atoms with Gasteiger partial charge in [0.15, 0.2) is 0 Å². The van der Waals surface area contributed by atoms with Crippen LogP contribution in [-0.4, -0.2) is 45.1 Å². The summed E-state index contributed by atoms with van der Waals surface area (Å²) in [5, 5.41) is 9.44. The van der Waals surface area contributed by atoms with Crippen LogP contribution in [0.4, 0.5) is 0 Å². The first kappa shape index (κ1) is 13.1. The van der Waals surface area contributed by atoms with Crippen molar-refractivity contribution < 1.29 is 9.90 Å². The summed E-state index contributed by atoms with van der Waals surface area (Å²) in [7, 11) is 0. The van der Waals surface area contributed by atoms with E-state index in [0.717, 1.165) is 16.9 Å². The number of nitrogens with one attached hydrogen (secondary N) is 1. The van der Waals surface area contributed by atoms with Crippen molar-refractivity contribution in [3.05, 3.63) is 30.1 Å². The third kappa shape index (κ3) is 2.82. The van der Waals surface area contributed by atoms with Crippen molar-refractivity contribution >= 4 is 16.9 Å². The van der Waals surface area contributed by atoms with E-state index in [4.69, 9.17) is 0 Å². The normalized spacial score (nSPS) is 16.8. The number of hydrogen-bond donors (Lipinski definition) is 2. The molecule has 3 rings (SSSR count). The molecule has 20 heavy (non-hydrogen) atoms. The van der Waals surface area contributed by atoms with Crippen molar-refractivity contribution in [1.29, 1.82) is 0 Å². The molecule has 0 bridgehead atoms. The molecule has 2 N–H and O–H groups in total. The third-order valence-corrected chi connectivity index (χ3v) is 3.83. The molecule has 1 aliphatic rings. The molecule has 0 spiro atoms. The SMILES string of the molecule is O=C(CCc1nc2ccccc2[nH]1)N1CCC(O)CC1. The van der Waals surface area contributed by atoms with Gasteiger partial charge < -0.3 is 15.0 Å². The highest BCUT2D eigenvalue weighted by Gasteiger charge is 2.21. The third-order valence-electron chi connectivity index (χ3n) is 3.83. The van der Waals surface area contributed by atoms with Crippen molar-refractivity contribution in [3.8, 4) is 0 Å². The van der Waals surface area contributed by atoms with Gasteiger partial charge in [-0.2, -0.15) is 0 Å². The first-order chi connectivity index (χ1) is 9.72. The molecule has 1 aromatic heterocycles. The maximum Gasteiger partial charge on any atom is 0.223 e. The highest BCUT2D eigenvalue weighted by molar-refractivity contribution is 5.77. The smallest absolute Gasteiger partial charge is 0.223 e. The zero-order valence-electron chi connectivity index (χ0n) is 11.4. The van der Waals surface area contributed by atoms with Crippen molar-refractivity contribution in [2.24, 2.45) is 0 Å². The molecule has 0 aliphatic carbocycles. The number of rotatable bonds is 3. The number of H-pyrrole nitrogens is 1. The minimum atomic E-state index is -0.241. The van der Waals surface area contributed by atoms with Gasteiger partial charge >= 0.3 is 0 Å². The number of aliphatic hydroxyl groups is 1. The Morgan fingerprint density at radius 3 is 2.85 bits per heavy atom. The van der Waals surface area contributed by atoms with Gasteiger partial charge in [0.1, 0.15) is 5.82 Å². The summed E-state index contributed by atoms with van der Waals surface area (Å²) < 4.78 is 0. The van der Waals surface area contributed by atoms with E-state index in [1.54, 1.807) is 0 Å². The van der Waals surface area contributed by atoms with Gasteiger partial charge in [-0.1, -0.05) is 12.1 Å². The molecular weight excluding hydrogens is 254 g/mol. The van der Waals surface area contributed by atoms with Gasteiger partial charge in [-0.25, -0.2) is 4.98 Å². The molecule has 2 aromatic rings. The number of carbonyl (C=O) groups is 1. The number of piperidine rings is 1. The lowest BCUT2D eigenvalue weighted by molar-refractivity contribution is -0.133. The monoisotopic (exact) mass is 273 g/mol. The van der Waals surface area contributed by atoms with E-state index in [9.17, 15) is 9.90 Å². The number of nitrogens with zero attached hydrogens (tertiary/aromatic N) is 2. The Labute approximate surface area is 117 Å². The summed E-state index contributed by atoms with van der Waals surface area (Å²) >= 11 is 0. The Morgan fingerprint density at radius 1 is 1.35 bits per heavy atom. The molecule has 5 heteroatoms. The molecule has 2 heterocycles. The van der Waals surface area contributed by atoms with Crippen molar-refractivity contribution in [3.63, 3.8) is 0 Å². The number of benzene rings is 1. The number of aromatic amines is 1. The topological polar surface area (TPSA) is 69.2 Å². The fourth-order valence-electron chi connectivity index (χ4n) is 2.62. The molecule has 0 saturated carbocycles. The van der Waals surface area contributed by atoms with E-state index in [1.165, 1.54) is 0 Å². The lowest BCUT2D eigenvalue weighted by atomic mass is 10.1. The van der Waals surface area contributed by atoms with E-state index in [2.05, 4.69) is 9.97 Å². The number of carbonyl (C=O) groups excluding carboxylic acids is 1. The minimum absolute atomic E-state index is 0.150. The first-order valence-corrected chi connectivity index (χ1v) is 7.12. The number of aliphatic hydroxyl groups excluding tert-OH is 1.